The molecule has 1 fully saturated rings. The number of rotatable bonds is 3. The first-order valence-electron chi connectivity index (χ1n) is 8.74. The zero-order valence-electron chi connectivity index (χ0n) is 13.8. The van der Waals surface area contributed by atoms with E-state index in [0.717, 1.165) is 30.5 Å². The molecule has 0 amide bonds. The van der Waals surface area contributed by atoms with Crippen molar-refractivity contribution in [3.8, 4) is 11.3 Å². The summed E-state index contributed by atoms with van der Waals surface area (Å²) in [6.07, 6.45) is 9.53. The smallest absolute Gasteiger partial charge is 0.109 e. The number of aryl methyl sites for hydroxylation is 1. The standard InChI is InChI=1S/C19H25N3S/c1-23-17-5-2-15(3-6-17)18-13-22-12-16(4-7-19(22)21-18)14-8-10-20-11-9-14/h2-3,5-6,13-14,16,20H,4,7-12H2,1H3. The zero-order chi connectivity index (χ0) is 15.6. The Morgan fingerprint density at radius 3 is 2.61 bits per heavy atom. The zero-order valence-corrected chi connectivity index (χ0v) is 14.6. The Balaban J connectivity index is 1.52. The second kappa shape index (κ2) is 6.70. The molecule has 1 saturated heterocycles. The first-order valence-corrected chi connectivity index (χ1v) is 9.97. The number of fused-ring (bicyclic) bond motifs is 1. The Bertz CT molecular complexity index is 656. The summed E-state index contributed by atoms with van der Waals surface area (Å²) in [7, 11) is 0. The minimum Gasteiger partial charge on any atom is -0.334 e. The van der Waals surface area contributed by atoms with E-state index in [1.807, 2.05) is 0 Å². The van der Waals surface area contributed by atoms with Crippen LogP contribution in [0.3, 0.4) is 0 Å². The van der Waals surface area contributed by atoms with Gasteiger partial charge in [-0.05, 0) is 62.6 Å². The lowest BCUT2D eigenvalue weighted by atomic mass is 9.81. The van der Waals surface area contributed by atoms with Crippen molar-refractivity contribution >= 4 is 11.8 Å². The minimum absolute atomic E-state index is 0.838. The molecule has 1 atom stereocenters. The SMILES string of the molecule is CSc1ccc(-c2cn3c(n2)CCC(C2CCNCC2)C3)cc1. The van der Waals surface area contributed by atoms with Gasteiger partial charge in [-0.2, -0.15) is 0 Å². The van der Waals surface area contributed by atoms with Gasteiger partial charge in [-0.25, -0.2) is 4.98 Å². The van der Waals surface area contributed by atoms with Crippen LogP contribution in [0.2, 0.25) is 0 Å². The topological polar surface area (TPSA) is 29.9 Å². The fourth-order valence-corrected chi connectivity index (χ4v) is 4.48. The highest BCUT2D eigenvalue weighted by Gasteiger charge is 2.28. The van der Waals surface area contributed by atoms with Crippen molar-refractivity contribution in [2.75, 3.05) is 19.3 Å². The van der Waals surface area contributed by atoms with E-state index in [0.29, 0.717) is 0 Å². The molecule has 1 unspecified atom stereocenters. The van der Waals surface area contributed by atoms with Gasteiger partial charge in [0.25, 0.3) is 0 Å². The average molecular weight is 327 g/mol. The second-order valence-electron chi connectivity index (χ2n) is 6.81. The molecule has 0 saturated carbocycles. The predicted molar refractivity (Wildman–Crippen MR) is 96.8 cm³/mol. The van der Waals surface area contributed by atoms with Crippen LogP contribution in [-0.2, 0) is 13.0 Å². The van der Waals surface area contributed by atoms with Crippen LogP contribution in [0.1, 0.15) is 25.1 Å². The molecule has 4 heteroatoms. The van der Waals surface area contributed by atoms with E-state index in [2.05, 4.69) is 46.6 Å². The van der Waals surface area contributed by atoms with Crippen molar-refractivity contribution < 1.29 is 0 Å². The van der Waals surface area contributed by atoms with E-state index in [9.17, 15) is 0 Å². The van der Waals surface area contributed by atoms with Gasteiger partial charge in [0.2, 0.25) is 0 Å². The minimum atomic E-state index is 0.838. The number of benzene rings is 1. The van der Waals surface area contributed by atoms with Crippen molar-refractivity contribution in [2.24, 2.45) is 11.8 Å². The third-order valence-corrected chi connectivity index (χ3v) is 6.21. The van der Waals surface area contributed by atoms with Crippen molar-refractivity contribution in [2.45, 2.75) is 37.1 Å². The fourth-order valence-electron chi connectivity index (χ4n) is 4.07. The molecule has 1 N–H and O–H groups in total. The number of thioether (sulfide) groups is 1. The van der Waals surface area contributed by atoms with Gasteiger partial charge in [0.05, 0.1) is 5.69 Å². The van der Waals surface area contributed by atoms with E-state index < -0.39 is 0 Å². The summed E-state index contributed by atoms with van der Waals surface area (Å²) in [6.45, 7) is 3.56. The molecule has 0 radical (unpaired) electrons. The number of hydrogen-bond donors (Lipinski definition) is 1. The summed E-state index contributed by atoms with van der Waals surface area (Å²) < 4.78 is 2.42. The van der Waals surface area contributed by atoms with Gasteiger partial charge in [-0.1, -0.05) is 12.1 Å². The molecule has 23 heavy (non-hydrogen) atoms. The molecule has 2 aromatic rings. The van der Waals surface area contributed by atoms with Crippen LogP contribution in [0, 0.1) is 11.8 Å². The molecule has 122 valence electrons. The lowest BCUT2D eigenvalue weighted by Gasteiger charge is -2.33. The number of nitrogens with one attached hydrogen (secondary N) is 1. The Hall–Kier alpha value is -1.26. The van der Waals surface area contributed by atoms with E-state index in [4.69, 9.17) is 4.98 Å². The average Bonchev–Trinajstić information content (AvgIpc) is 3.06. The summed E-state index contributed by atoms with van der Waals surface area (Å²) in [6, 6.07) is 8.78. The van der Waals surface area contributed by atoms with Crippen molar-refractivity contribution in [1.82, 2.24) is 14.9 Å². The van der Waals surface area contributed by atoms with Crippen molar-refractivity contribution in [3.63, 3.8) is 0 Å². The van der Waals surface area contributed by atoms with Crippen LogP contribution in [0.15, 0.2) is 35.4 Å². The Morgan fingerprint density at radius 2 is 1.87 bits per heavy atom. The number of imidazole rings is 1. The molecule has 2 aliphatic rings. The fraction of sp³-hybridized carbons (Fsp3) is 0.526. The normalized spacial score (nSPS) is 22.0. The molecule has 1 aromatic heterocycles. The van der Waals surface area contributed by atoms with Crippen molar-refractivity contribution in [3.05, 3.63) is 36.3 Å². The Labute approximate surface area is 142 Å². The quantitative estimate of drug-likeness (QED) is 0.869. The molecule has 2 aliphatic heterocycles. The summed E-state index contributed by atoms with van der Waals surface area (Å²) >= 11 is 1.79. The monoisotopic (exact) mass is 327 g/mol. The summed E-state index contributed by atoms with van der Waals surface area (Å²) in [5.41, 5.74) is 2.38. The van der Waals surface area contributed by atoms with E-state index >= 15 is 0 Å². The van der Waals surface area contributed by atoms with E-state index in [1.165, 1.54) is 48.6 Å². The summed E-state index contributed by atoms with van der Waals surface area (Å²) in [5, 5.41) is 3.49. The molecule has 4 rings (SSSR count). The van der Waals surface area contributed by atoms with Crippen LogP contribution in [-0.4, -0.2) is 28.9 Å². The lowest BCUT2D eigenvalue weighted by Crippen LogP contribution is -2.35. The van der Waals surface area contributed by atoms with Crippen LogP contribution in [0.4, 0.5) is 0 Å². The molecule has 1 aromatic carbocycles. The van der Waals surface area contributed by atoms with Gasteiger partial charge >= 0.3 is 0 Å². The molecular weight excluding hydrogens is 302 g/mol. The first kappa shape index (κ1) is 15.3. The van der Waals surface area contributed by atoms with Gasteiger partial charge in [0, 0.05) is 29.6 Å². The van der Waals surface area contributed by atoms with Gasteiger partial charge in [0.15, 0.2) is 0 Å². The van der Waals surface area contributed by atoms with Crippen LogP contribution in [0.5, 0.6) is 0 Å². The molecule has 0 bridgehead atoms. The largest absolute Gasteiger partial charge is 0.334 e. The van der Waals surface area contributed by atoms with Crippen LogP contribution < -0.4 is 5.32 Å². The van der Waals surface area contributed by atoms with Crippen molar-refractivity contribution in [1.29, 1.82) is 0 Å². The highest BCUT2D eigenvalue weighted by molar-refractivity contribution is 7.98. The number of nitrogens with zero attached hydrogens (tertiary/aromatic N) is 2. The van der Waals surface area contributed by atoms with Crippen LogP contribution >= 0.6 is 11.8 Å². The van der Waals surface area contributed by atoms with Crippen LogP contribution in [0.25, 0.3) is 11.3 Å². The van der Waals surface area contributed by atoms with E-state index in [1.54, 1.807) is 11.8 Å². The summed E-state index contributed by atoms with van der Waals surface area (Å²) in [5.74, 6) is 3.01. The molecule has 0 aliphatic carbocycles. The third-order valence-electron chi connectivity index (χ3n) is 5.47. The second-order valence-corrected chi connectivity index (χ2v) is 7.69. The first-order chi connectivity index (χ1) is 11.3. The predicted octanol–water partition coefficient (Wildman–Crippen LogP) is 3.83. The number of piperidine rings is 1. The van der Waals surface area contributed by atoms with E-state index in [-0.39, 0.29) is 0 Å². The van der Waals surface area contributed by atoms with Gasteiger partial charge in [-0.15, -0.1) is 11.8 Å². The van der Waals surface area contributed by atoms with Gasteiger partial charge in [0.1, 0.15) is 5.82 Å². The number of aromatic nitrogens is 2. The summed E-state index contributed by atoms with van der Waals surface area (Å²) in [4.78, 5) is 6.21. The van der Waals surface area contributed by atoms with Gasteiger partial charge < -0.3 is 9.88 Å². The third kappa shape index (κ3) is 3.20. The van der Waals surface area contributed by atoms with Gasteiger partial charge in [-0.3, -0.25) is 0 Å². The maximum atomic E-state index is 4.90. The molecule has 0 spiro atoms. The maximum absolute atomic E-state index is 4.90. The highest BCUT2D eigenvalue weighted by atomic mass is 32.2. The maximum Gasteiger partial charge on any atom is 0.109 e. The highest BCUT2D eigenvalue weighted by Crippen LogP contribution is 2.32. The molecule has 3 nitrogen and oxygen atoms in total. The molecule has 3 heterocycles. The lowest BCUT2D eigenvalue weighted by molar-refractivity contribution is 0.205. The number of hydrogen-bond acceptors (Lipinski definition) is 3. The molecular formula is C19H25N3S. The Morgan fingerprint density at radius 1 is 1.09 bits per heavy atom. The Kier molecular flexibility index (Phi) is 4.45.